The van der Waals surface area contributed by atoms with Crippen molar-refractivity contribution >= 4 is 5.57 Å². The van der Waals surface area contributed by atoms with Gasteiger partial charge in [0.1, 0.15) is 0 Å². The quantitative estimate of drug-likeness (QED) is 0.599. The number of allylic oxidation sites excluding steroid dienone is 2. The molecule has 2 aromatic rings. The van der Waals surface area contributed by atoms with E-state index < -0.39 is 0 Å². The number of hydrogen-bond acceptors (Lipinski definition) is 8. The molecule has 2 aliphatic rings. The number of aromatic nitrogens is 2. The minimum absolute atomic E-state index is 0.0337. The number of fused-ring (bicyclic) bond motifs is 1. The largest absolute Gasteiger partial charge is 0.395 e. The van der Waals surface area contributed by atoms with Crippen molar-refractivity contribution in [2.45, 2.75) is 51.4 Å². The van der Waals surface area contributed by atoms with Gasteiger partial charge in [0.25, 0.3) is 5.89 Å². The molecule has 0 spiro atoms. The predicted molar refractivity (Wildman–Crippen MR) is 123 cm³/mol. The third-order valence-electron chi connectivity index (χ3n) is 6.14. The van der Waals surface area contributed by atoms with Crippen molar-refractivity contribution in [3.05, 3.63) is 52.9 Å². The zero-order valence-electron chi connectivity index (χ0n) is 19.1. The van der Waals surface area contributed by atoms with Crippen LogP contribution in [-0.4, -0.2) is 63.8 Å². The Kier molecular flexibility index (Phi) is 7.36. The molecule has 2 atom stereocenters. The van der Waals surface area contributed by atoms with Crippen molar-refractivity contribution in [2.24, 2.45) is 0 Å². The van der Waals surface area contributed by atoms with E-state index in [-0.39, 0.29) is 31.5 Å². The van der Waals surface area contributed by atoms with E-state index in [1.54, 1.807) is 6.08 Å². The number of benzene rings is 1. The summed E-state index contributed by atoms with van der Waals surface area (Å²) in [6.45, 7) is 5.05. The smallest absolute Gasteiger partial charge is 0.257 e. The highest BCUT2D eigenvalue weighted by Crippen LogP contribution is 2.40. The predicted octanol–water partition coefficient (Wildman–Crippen LogP) is 3.04. The molecule has 174 valence electrons. The summed E-state index contributed by atoms with van der Waals surface area (Å²) < 4.78 is 11.4. The van der Waals surface area contributed by atoms with Gasteiger partial charge in [0, 0.05) is 30.3 Å². The summed E-state index contributed by atoms with van der Waals surface area (Å²) in [6, 6.07) is 8.46. The molecule has 1 aromatic carbocycles. The van der Waals surface area contributed by atoms with Crippen LogP contribution < -0.4 is 0 Å². The normalized spacial score (nSPS) is 20.0. The molecule has 2 N–H and O–H groups in total. The Morgan fingerprint density at radius 2 is 2.06 bits per heavy atom. The molecule has 0 saturated carbocycles. The van der Waals surface area contributed by atoms with Crippen molar-refractivity contribution in [3.8, 4) is 17.5 Å². The Morgan fingerprint density at radius 3 is 2.76 bits per heavy atom. The number of aliphatic hydroxyl groups excluding tert-OH is 2. The molecule has 33 heavy (non-hydrogen) atoms. The van der Waals surface area contributed by atoms with E-state index in [9.17, 15) is 15.5 Å². The van der Waals surface area contributed by atoms with Gasteiger partial charge < -0.3 is 19.5 Å². The first-order valence-corrected chi connectivity index (χ1v) is 11.4. The lowest BCUT2D eigenvalue weighted by Crippen LogP contribution is -2.32. The molecule has 1 aromatic heterocycles. The second kappa shape index (κ2) is 10.4. The summed E-state index contributed by atoms with van der Waals surface area (Å²) in [5, 5.41) is 32.6. The summed E-state index contributed by atoms with van der Waals surface area (Å²) in [6.07, 6.45) is 5.87. The summed E-state index contributed by atoms with van der Waals surface area (Å²) in [5.41, 5.74) is 4.57. The maximum atomic E-state index is 9.55. The van der Waals surface area contributed by atoms with E-state index in [0.29, 0.717) is 36.8 Å². The fourth-order valence-corrected chi connectivity index (χ4v) is 4.74. The zero-order chi connectivity index (χ0) is 23.4. The fraction of sp³-hybridized carbons (Fsp3) is 0.480. The van der Waals surface area contributed by atoms with Gasteiger partial charge in [-0.15, -0.1) is 0 Å². The monoisotopic (exact) mass is 450 g/mol. The first-order valence-electron chi connectivity index (χ1n) is 11.4. The Labute approximate surface area is 193 Å². The molecule has 0 radical (unpaired) electrons. The van der Waals surface area contributed by atoms with Crippen LogP contribution >= 0.6 is 0 Å². The molecule has 8 heteroatoms. The molecule has 0 bridgehead atoms. The van der Waals surface area contributed by atoms with Crippen molar-refractivity contribution in [2.75, 3.05) is 26.3 Å². The Balaban J connectivity index is 1.59. The molecule has 4 rings (SSSR count). The highest BCUT2D eigenvalue weighted by molar-refractivity contribution is 5.74. The number of ether oxygens (including phenoxy) is 1. The fourth-order valence-electron chi connectivity index (χ4n) is 4.74. The van der Waals surface area contributed by atoms with Gasteiger partial charge in [0.15, 0.2) is 0 Å². The summed E-state index contributed by atoms with van der Waals surface area (Å²) >= 11 is 0. The lowest BCUT2D eigenvalue weighted by atomic mass is 9.97. The van der Waals surface area contributed by atoms with E-state index in [1.807, 2.05) is 32.1 Å². The van der Waals surface area contributed by atoms with Crippen LogP contribution in [0, 0.1) is 11.3 Å². The summed E-state index contributed by atoms with van der Waals surface area (Å²) in [4.78, 5) is 6.76. The lowest BCUT2D eigenvalue weighted by Gasteiger charge is -2.28. The summed E-state index contributed by atoms with van der Waals surface area (Å²) in [7, 11) is 0. The van der Waals surface area contributed by atoms with Gasteiger partial charge in [-0.25, -0.2) is 0 Å². The first kappa shape index (κ1) is 23.3. The second-order valence-electron chi connectivity index (χ2n) is 8.61. The standard InChI is InChI=1S/C25H30N4O4/c1-16(2)32-23-9-6-17(14-18(23)15-26)25-27-24(28-33-25)21-5-3-4-20-19(21)7-8-22(20)29(10-12-30)11-13-31/h3-6,14,16,22-23,30-31H,7-13H2,1-2H3. The number of aliphatic hydroxyl groups is 2. The highest BCUT2D eigenvalue weighted by atomic mass is 16.5. The molecule has 0 fully saturated rings. The van der Waals surface area contributed by atoms with Gasteiger partial charge >= 0.3 is 0 Å². The van der Waals surface area contributed by atoms with Gasteiger partial charge in [-0.1, -0.05) is 29.4 Å². The molecule has 0 aliphatic heterocycles. The van der Waals surface area contributed by atoms with Crippen molar-refractivity contribution in [3.63, 3.8) is 0 Å². The molecule has 8 nitrogen and oxygen atoms in total. The van der Waals surface area contributed by atoms with Crippen LogP contribution in [0.5, 0.6) is 0 Å². The molecule has 0 saturated heterocycles. The van der Waals surface area contributed by atoms with Gasteiger partial charge in [-0.2, -0.15) is 10.2 Å². The maximum absolute atomic E-state index is 9.55. The average Bonchev–Trinajstić information content (AvgIpc) is 3.46. The molecular weight excluding hydrogens is 420 g/mol. The van der Waals surface area contributed by atoms with Gasteiger partial charge in [-0.3, -0.25) is 4.90 Å². The number of nitrogens with zero attached hydrogens (tertiary/aromatic N) is 4. The third-order valence-corrected chi connectivity index (χ3v) is 6.14. The van der Waals surface area contributed by atoms with E-state index in [2.05, 4.69) is 27.2 Å². The van der Waals surface area contributed by atoms with E-state index >= 15 is 0 Å². The van der Waals surface area contributed by atoms with Crippen LogP contribution in [0.3, 0.4) is 0 Å². The van der Waals surface area contributed by atoms with Crippen LogP contribution in [0.1, 0.15) is 49.7 Å². The zero-order valence-corrected chi connectivity index (χ0v) is 19.1. The Morgan fingerprint density at radius 1 is 1.27 bits per heavy atom. The van der Waals surface area contributed by atoms with E-state index in [0.717, 1.165) is 24.0 Å². The van der Waals surface area contributed by atoms with Crippen LogP contribution in [0.2, 0.25) is 0 Å². The van der Waals surface area contributed by atoms with Gasteiger partial charge in [0.05, 0.1) is 37.1 Å². The Hall–Kier alpha value is -2.83. The molecule has 0 amide bonds. The molecular formula is C25H30N4O4. The molecule has 1 heterocycles. The van der Waals surface area contributed by atoms with E-state index in [1.165, 1.54) is 11.1 Å². The van der Waals surface area contributed by atoms with Crippen LogP contribution in [-0.2, 0) is 11.2 Å². The lowest BCUT2D eigenvalue weighted by molar-refractivity contribution is 0.0327. The van der Waals surface area contributed by atoms with Crippen molar-refractivity contribution < 1.29 is 19.5 Å². The number of nitriles is 1. The van der Waals surface area contributed by atoms with Gasteiger partial charge in [0.2, 0.25) is 5.82 Å². The van der Waals surface area contributed by atoms with Crippen LogP contribution in [0.15, 0.2) is 40.4 Å². The van der Waals surface area contributed by atoms with Crippen molar-refractivity contribution in [1.82, 2.24) is 15.0 Å². The second-order valence-corrected chi connectivity index (χ2v) is 8.61. The number of rotatable bonds is 9. The Bertz CT molecular complexity index is 1080. The maximum Gasteiger partial charge on any atom is 0.257 e. The van der Waals surface area contributed by atoms with Crippen LogP contribution in [0.25, 0.3) is 17.0 Å². The SMILES string of the molecule is CC(C)OC1CC=C(c2nc(-c3cccc4c3CCC4N(CCO)CCO)no2)C=C1C#N. The van der Waals surface area contributed by atoms with Gasteiger partial charge in [-0.05, 0) is 50.3 Å². The van der Waals surface area contributed by atoms with Crippen LogP contribution in [0.4, 0.5) is 0 Å². The van der Waals surface area contributed by atoms with E-state index in [4.69, 9.17) is 9.26 Å². The van der Waals surface area contributed by atoms with Crippen molar-refractivity contribution in [1.29, 1.82) is 5.26 Å². The molecule has 2 aliphatic carbocycles. The third kappa shape index (κ3) is 4.92. The first-order chi connectivity index (χ1) is 16.0. The number of hydrogen-bond donors (Lipinski definition) is 2. The minimum atomic E-state index is -0.253. The molecule has 2 unspecified atom stereocenters. The minimum Gasteiger partial charge on any atom is -0.395 e. The average molecular weight is 451 g/mol. The highest BCUT2D eigenvalue weighted by Gasteiger charge is 2.30. The topological polar surface area (TPSA) is 116 Å². The summed E-state index contributed by atoms with van der Waals surface area (Å²) in [5.74, 6) is 0.904.